The number of anilines is 1. The molecule has 0 radical (unpaired) electrons. The van der Waals surface area contributed by atoms with Crippen LogP contribution in [0.4, 0.5) is 5.69 Å². The molecule has 0 spiro atoms. The Bertz CT molecular complexity index is 582. The van der Waals surface area contributed by atoms with E-state index in [1.54, 1.807) is 0 Å². The van der Waals surface area contributed by atoms with E-state index in [2.05, 4.69) is 46.5 Å². The van der Waals surface area contributed by atoms with Gasteiger partial charge in [-0.2, -0.15) is 5.10 Å². The Balaban J connectivity index is 1.58. The summed E-state index contributed by atoms with van der Waals surface area (Å²) in [7, 11) is 0. The molecule has 118 valence electrons. The molecule has 2 atom stereocenters. The maximum atomic E-state index is 5.84. The quantitative estimate of drug-likeness (QED) is 0.889. The molecule has 2 N–H and O–H groups in total. The number of H-pyrrole nitrogens is 1. The maximum absolute atomic E-state index is 5.84. The molecule has 0 saturated carbocycles. The maximum Gasteiger partial charge on any atom is 0.155 e. The Morgan fingerprint density at radius 1 is 1.41 bits per heavy atom. The molecular weight excluding hydrogens is 276 g/mol. The summed E-state index contributed by atoms with van der Waals surface area (Å²) in [5.74, 6) is 2.07. The lowest BCUT2D eigenvalue weighted by molar-refractivity contribution is -0.0314. The molecule has 0 unspecified atom stereocenters. The van der Waals surface area contributed by atoms with E-state index < -0.39 is 0 Å². The fourth-order valence-electron chi connectivity index (χ4n) is 2.93. The minimum Gasteiger partial charge on any atom is -0.385 e. The van der Waals surface area contributed by atoms with Crippen LogP contribution in [0.2, 0.25) is 0 Å². The number of rotatable bonds is 5. The lowest BCUT2D eigenvalue weighted by Gasteiger charge is -2.32. The molecule has 5 nitrogen and oxygen atoms in total. The smallest absolute Gasteiger partial charge is 0.155 e. The largest absolute Gasteiger partial charge is 0.385 e. The fourth-order valence-corrected chi connectivity index (χ4v) is 2.93. The minimum absolute atomic E-state index is 0.404. The van der Waals surface area contributed by atoms with Gasteiger partial charge in [0, 0.05) is 24.4 Å². The highest BCUT2D eigenvalue weighted by molar-refractivity contribution is 5.61. The standard InChI is InChI=1S/C17H24N4O/c1-12(2)16-8-13(6-7-22-16)10-18-15-5-3-4-14(9-15)17-19-11-20-21-17/h3-5,9,11-13,16,18H,6-8,10H2,1-2H3,(H,19,20,21)/t13-,16+/m1/s1. The second-order valence-electron chi connectivity index (χ2n) is 6.34. The number of aromatic nitrogens is 3. The summed E-state index contributed by atoms with van der Waals surface area (Å²) in [5.41, 5.74) is 2.18. The van der Waals surface area contributed by atoms with E-state index in [-0.39, 0.29) is 0 Å². The number of aromatic amines is 1. The first-order chi connectivity index (χ1) is 10.7. The summed E-state index contributed by atoms with van der Waals surface area (Å²) in [6.45, 7) is 6.35. The summed E-state index contributed by atoms with van der Waals surface area (Å²) in [6, 6.07) is 8.29. The Hall–Kier alpha value is -1.88. The van der Waals surface area contributed by atoms with Gasteiger partial charge in [-0.3, -0.25) is 5.10 Å². The van der Waals surface area contributed by atoms with Crippen molar-refractivity contribution >= 4 is 5.69 Å². The second-order valence-corrected chi connectivity index (χ2v) is 6.34. The van der Waals surface area contributed by atoms with Crippen molar-refractivity contribution in [2.75, 3.05) is 18.5 Å². The molecule has 1 aromatic carbocycles. The van der Waals surface area contributed by atoms with Gasteiger partial charge in [-0.15, -0.1) is 0 Å². The van der Waals surface area contributed by atoms with Crippen molar-refractivity contribution in [3.63, 3.8) is 0 Å². The lowest BCUT2D eigenvalue weighted by atomic mass is 9.90. The number of hydrogen-bond donors (Lipinski definition) is 2. The minimum atomic E-state index is 0.404. The average molecular weight is 300 g/mol. The van der Waals surface area contributed by atoms with Crippen molar-refractivity contribution in [3.8, 4) is 11.4 Å². The molecule has 1 aromatic heterocycles. The molecule has 3 rings (SSSR count). The van der Waals surface area contributed by atoms with Gasteiger partial charge in [-0.05, 0) is 36.8 Å². The normalized spacial score (nSPS) is 22.0. The monoisotopic (exact) mass is 300 g/mol. The molecule has 1 aliphatic heterocycles. The first-order valence-electron chi connectivity index (χ1n) is 8.03. The predicted octanol–water partition coefficient (Wildman–Crippen LogP) is 3.33. The van der Waals surface area contributed by atoms with Crippen LogP contribution in [-0.2, 0) is 4.74 Å². The lowest BCUT2D eigenvalue weighted by Crippen LogP contribution is -2.32. The van der Waals surface area contributed by atoms with Crippen molar-refractivity contribution < 1.29 is 4.74 Å². The van der Waals surface area contributed by atoms with Crippen LogP contribution in [0.15, 0.2) is 30.6 Å². The molecule has 0 amide bonds. The zero-order valence-electron chi connectivity index (χ0n) is 13.2. The number of nitrogens with one attached hydrogen (secondary N) is 2. The van der Waals surface area contributed by atoms with Crippen LogP contribution in [0.5, 0.6) is 0 Å². The van der Waals surface area contributed by atoms with E-state index >= 15 is 0 Å². The number of ether oxygens (including phenoxy) is 1. The van der Waals surface area contributed by atoms with Crippen molar-refractivity contribution in [2.24, 2.45) is 11.8 Å². The Morgan fingerprint density at radius 3 is 3.09 bits per heavy atom. The molecule has 0 aliphatic carbocycles. The van der Waals surface area contributed by atoms with Gasteiger partial charge in [-0.25, -0.2) is 4.98 Å². The third-order valence-electron chi connectivity index (χ3n) is 4.31. The van der Waals surface area contributed by atoms with Crippen molar-refractivity contribution in [1.29, 1.82) is 0 Å². The van der Waals surface area contributed by atoms with Crippen LogP contribution in [-0.4, -0.2) is 34.4 Å². The van der Waals surface area contributed by atoms with Gasteiger partial charge in [-0.1, -0.05) is 26.0 Å². The number of hydrogen-bond acceptors (Lipinski definition) is 4. The average Bonchev–Trinajstić information content (AvgIpc) is 3.08. The van der Waals surface area contributed by atoms with E-state index in [0.29, 0.717) is 17.9 Å². The first kappa shape index (κ1) is 15.0. The van der Waals surface area contributed by atoms with Gasteiger partial charge in [0.15, 0.2) is 5.82 Å². The van der Waals surface area contributed by atoms with Gasteiger partial charge in [0.05, 0.1) is 6.10 Å². The molecule has 1 fully saturated rings. The Kier molecular flexibility index (Phi) is 4.73. The van der Waals surface area contributed by atoms with Gasteiger partial charge in [0.2, 0.25) is 0 Å². The zero-order chi connectivity index (χ0) is 15.4. The summed E-state index contributed by atoms with van der Waals surface area (Å²) in [4.78, 5) is 4.20. The molecule has 22 heavy (non-hydrogen) atoms. The Morgan fingerprint density at radius 2 is 2.32 bits per heavy atom. The molecule has 2 aromatic rings. The van der Waals surface area contributed by atoms with Gasteiger partial charge >= 0.3 is 0 Å². The molecular formula is C17H24N4O. The van der Waals surface area contributed by atoms with E-state index in [0.717, 1.165) is 43.1 Å². The van der Waals surface area contributed by atoms with Crippen LogP contribution >= 0.6 is 0 Å². The van der Waals surface area contributed by atoms with Crippen LogP contribution < -0.4 is 5.32 Å². The van der Waals surface area contributed by atoms with Gasteiger partial charge in [0.1, 0.15) is 6.33 Å². The van der Waals surface area contributed by atoms with Gasteiger partial charge in [0.25, 0.3) is 0 Å². The van der Waals surface area contributed by atoms with Crippen LogP contribution in [0, 0.1) is 11.8 Å². The third-order valence-corrected chi connectivity index (χ3v) is 4.31. The molecule has 2 heterocycles. The number of benzene rings is 1. The zero-order valence-corrected chi connectivity index (χ0v) is 13.2. The highest BCUT2D eigenvalue weighted by Gasteiger charge is 2.24. The highest BCUT2D eigenvalue weighted by Crippen LogP contribution is 2.26. The van der Waals surface area contributed by atoms with Crippen LogP contribution in [0.1, 0.15) is 26.7 Å². The van der Waals surface area contributed by atoms with E-state index in [1.807, 2.05) is 12.1 Å². The SMILES string of the molecule is CC(C)[C@@H]1C[C@H](CNc2cccc(-c3ncn[nH]3)c2)CCO1. The highest BCUT2D eigenvalue weighted by atomic mass is 16.5. The molecule has 1 saturated heterocycles. The number of nitrogens with zero attached hydrogens (tertiary/aromatic N) is 2. The topological polar surface area (TPSA) is 62.8 Å². The second kappa shape index (κ2) is 6.92. The predicted molar refractivity (Wildman–Crippen MR) is 87.6 cm³/mol. The van der Waals surface area contributed by atoms with Gasteiger partial charge < -0.3 is 10.1 Å². The molecule has 5 heteroatoms. The summed E-state index contributed by atoms with van der Waals surface area (Å²) < 4.78 is 5.84. The summed E-state index contributed by atoms with van der Waals surface area (Å²) in [6.07, 6.45) is 4.22. The fraction of sp³-hybridized carbons (Fsp3) is 0.529. The van der Waals surface area contributed by atoms with E-state index in [1.165, 1.54) is 6.33 Å². The third kappa shape index (κ3) is 3.65. The summed E-state index contributed by atoms with van der Waals surface area (Å²) in [5, 5.41) is 10.4. The Labute approximate surface area is 131 Å². The van der Waals surface area contributed by atoms with Crippen molar-refractivity contribution in [3.05, 3.63) is 30.6 Å². The van der Waals surface area contributed by atoms with Crippen molar-refractivity contribution in [2.45, 2.75) is 32.8 Å². The van der Waals surface area contributed by atoms with E-state index in [9.17, 15) is 0 Å². The van der Waals surface area contributed by atoms with Crippen LogP contribution in [0.25, 0.3) is 11.4 Å². The summed E-state index contributed by atoms with van der Waals surface area (Å²) >= 11 is 0. The molecule has 1 aliphatic rings. The van der Waals surface area contributed by atoms with Crippen molar-refractivity contribution in [1.82, 2.24) is 15.2 Å². The van der Waals surface area contributed by atoms with Crippen LogP contribution in [0.3, 0.4) is 0 Å². The molecule has 0 bridgehead atoms. The first-order valence-corrected chi connectivity index (χ1v) is 8.03. The van der Waals surface area contributed by atoms with E-state index in [4.69, 9.17) is 4.74 Å².